The van der Waals surface area contributed by atoms with E-state index in [1.165, 1.54) is 18.5 Å². The summed E-state index contributed by atoms with van der Waals surface area (Å²) in [5.41, 5.74) is 2.36. The summed E-state index contributed by atoms with van der Waals surface area (Å²) in [6, 6.07) is 15.4. The molecule has 0 unspecified atom stereocenters. The maximum absolute atomic E-state index is 12.7. The summed E-state index contributed by atoms with van der Waals surface area (Å²) in [5, 5.41) is 12.6. The highest BCUT2D eigenvalue weighted by Crippen LogP contribution is 2.28. The monoisotopic (exact) mass is 451 g/mol. The zero-order chi connectivity index (χ0) is 22.5. The number of nitrogens with zero attached hydrogens (tertiary/aromatic N) is 2. The lowest BCUT2D eigenvalue weighted by Gasteiger charge is -2.32. The summed E-state index contributed by atoms with van der Waals surface area (Å²) in [6.07, 6.45) is 6.05. The number of ether oxygens (including phenoxy) is 1. The van der Waals surface area contributed by atoms with Crippen molar-refractivity contribution >= 4 is 23.2 Å². The number of anilines is 1. The number of carbonyl (C=O) groups excluding carboxylic acids is 1. The van der Waals surface area contributed by atoms with Gasteiger partial charge in [0.1, 0.15) is 11.8 Å². The number of nitriles is 1. The van der Waals surface area contributed by atoms with Gasteiger partial charge < -0.3 is 15.0 Å². The van der Waals surface area contributed by atoms with E-state index in [0.717, 1.165) is 44.7 Å². The smallest absolute Gasteiger partial charge is 0.251 e. The van der Waals surface area contributed by atoms with Crippen LogP contribution in [0.1, 0.15) is 61.4 Å². The highest BCUT2D eigenvalue weighted by atomic mass is 35.5. The molecule has 1 aliphatic carbocycles. The van der Waals surface area contributed by atoms with Crippen molar-refractivity contribution in [3.05, 3.63) is 58.6 Å². The number of piperidine rings is 1. The van der Waals surface area contributed by atoms with Gasteiger partial charge in [0.15, 0.2) is 0 Å². The Labute approximate surface area is 195 Å². The summed E-state index contributed by atoms with van der Waals surface area (Å²) < 4.78 is 6.04. The molecule has 1 amide bonds. The molecule has 5 nitrogen and oxygen atoms in total. The van der Waals surface area contributed by atoms with Gasteiger partial charge in [0, 0.05) is 36.4 Å². The third kappa shape index (κ3) is 5.55. The van der Waals surface area contributed by atoms with E-state index in [9.17, 15) is 4.79 Å². The van der Waals surface area contributed by atoms with Crippen molar-refractivity contribution in [3.63, 3.8) is 0 Å². The Morgan fingerprint density at radius 3 is 2.38 bits per heavy atom. The summed E-state index contributed by atoms with van der Waals surface area (Å²) in [5.74, 6) is 1.48. The Hall–Kier alpha value is -2.71. The first-order valence-corrected chi connectivity index (χ1v) is 11.9. The van der Waals surface area contributed by atoms with E-state index in [2.05, 4.69) is 35.3 Å². The number of hydrogen-bond donors (Lipinski definition) is 1. The minimum atomic E-state index is -0.00735. The van der Waals surface area contributed by atoms with E-state index in [1.54, 1.807) is 18.2 Å². The number of halogens is 1. The fourth-order valence-corrected chi connectivity index (χ4v) is 4.75. The number of carbonyl (C=O) groups is 1. The molecule has 0 atom stereocenters. The second-order valence-corrected chi connectivity index (χ2v) is 9.44. The molecule has 0 bridgehead atoms. The Morgan fingerprint density at radius 2 is 1.75 bits per heavy atom. The number of benzene rings is 2. The molecule has 0 spiro atoms. The van der Waals surface area contributed by atoms with Gasteiger partial charge in [-0.1, -0.05) is 18.5 Å². The molecule has 1 heterocycles. The molecule has 1 N–H and O–H groups in total. The number of amides is 1. The van der Waals surface area contributed by atoms with E-state index < -0.39 is 0 Å². The molecule has 2 fully saturated rings. The Bertz CT molecular complexity index is 970. The third-order valence-corrected chi connectivity index (χ3v) is 6.96. The predicted molar refractivity (Wildman–Crippen MR) is 127 cm³/mol. The standard InChI is InChI=1S/C26H30ClN3O2/c1-18-12-14-30(15-13-18)22-7-2-19(3-8-22)26(31)29-21-5-10-23(11-6-21)32-24-9-4-20(17-28)25(27)16-24/h2-4,7-9,16,18,21,23H,5-6,10-15H2,1H3,(H,29,31). The average Bonchev–Trinajstić information content (AvgIpc) is 2.81. The van der Waals surface area contributed by atoms with Crippen LogP contribution in [0.5, 0.6) is 5.75 Å². The van der Waals surface area contributed by atoms with Gasteiger partial charge >= 0.3 is 0 Å². The number of nitrogens with one attached hydrogen (secondary N) is 1. The summed E-state index contributed by atoms with van der Waals surface area (Å²) >= 11 is 6.09. The SMILES string of the molecule is CC1CCN(c2ccc(C(=O)NC3CCC(Oc4ccc(C#N)c(Cl)c4)CC3)cc2)CC1. The van der Waals surface area contributed by atoms with E-state index in [-0.39, 0.29) is 18.1 Å². The van der Waals surface area contributed by atoms with Gasteiger partial charge in [-0.05, 0) is 80.8 Å². The van der Waals surface area contributed by atoms with Crippen LogP contribution in [0.25, 0.3) is 0 Å². The molecule has 32 heavy (non-hydrogen) atoms. The molecule has 0 radical (unpaired) electrons. The van der Waals surface area contributed by atoms with Crippen LogP contribution in [-0.2, 0) is 0 Å². The lowest BCUT2D eigenvalue weighted by Crippen LogP contribution is -2.39. The van der Waals surface area contributed by atoms with Crippen LogP contribution in [-0.4, -0.2) is 31.1 Å². The molecule has 0 aromatic heterocycles. The fraction of sp³-hybridized carbons (Fsp3) is 0.462. The molecular weight excluding hydrogens is 422 g/mol. The van der Waals surface area contributed by atoms with Gasteiger partial charge in [0.05, 0.1) is 16.7 Å². The summed E-state index contributed by atoms with van der Waals surface area (Å²) in [7, 11) is 0. The molecule has 1 saturated carbocycles. The first-order valence-electron chi connectivity index (χ1n) is 11.5. The normalized spacial score (nSPS) is 21.6. The van der Waals surface area contributed by atoms with Gasteiger partial charge in [-0.25, -0.2) is 0 Å². The number of rotatable bonds is 5. The quantitative estimate of drug-likeness (QED) is 0.645. The van der Waals surface area contributed by atoms with Crippen LogP contribution in [0.4, 0.5) is 5.69 Å². The Balaban J connectivity index is 1.24. The fourth-order valence-electron chi connectivity index (χ4n) is 4.54. The molecule has 2 aromatic carbocycles. The topological polar surface area (TPSA) is 65.4 Å². The van der Waals surface area contributed by atoms with Crippen LogP contribution in [0.2, 0.25) is 5.02 Å². The molecule has 2 aliphatic rings. The van der Waals surface area contributed by atoms with Crippen LogP contribution in [0.15, 0.2) is 42.5 Å². The second kappa shape index (κ2) is 10.3. The van der Waals surface area contributed by atoms with Crippen molar-refractivity contribution < 1.29 is 9.53 Å². The van der Waals surface area contributed by atoms with Crippen molar-refractivity contribution in [1.82, 2.24) is 5.32 Å². The molecule has 6 heteroatoms. The van der Waals surface area contributed by atoms with Crippen LogP contribution >= 0.6 is 11.6 Å². The highest BCUT2D eigenvalue weighted by Gasteiger charge is 2.24. The van der Waals surface area contributed by atoms with Gasteiger partial charge in [-0.3, -0.25) is 4.79 Å². The van der Waals surface area contributed by atoms with Gasteiger partial charge in [-0.2, -0.15) is 5.26 Å². The largest absolute Gasteiger partial charge is 0.490 e. The second-order valence-electron chi connectivity index (χ2n) is 9.03. The summed E-state index contributed by atoms with van der Waals surface area (Å²) in [6.45, 7) is 4.49. The zero-order valence-corrected chi connectivity index (χ0v) is 19.3. The molecule has 4 rings (SSSR count). The minimum absolute atomic E-state index is 0.00735. The van der Waals surface area contributed by atoms with Gasteiger partial charge in [0.25, 0.3) is 5.91 Å². The van der Waals surface area contributed by atoms with Crippen molar-refractivity contribution in [3.8, 4) is 11.8 Å². The van der Waals surface area contributed by atoms with E-state index >= 15 is 0 Å². The lowest BCUT2D eigenvalue weighted by atomic mass is 9.92. The van der Waals surface area contributed by atoms with E-state index in [4.69, 9.17) is 21.6 Å². The van der Waals surface area contributed by atoms with Crippen LogP contribution < -0.4 is 15.0 Å². The molecule has 1 aliphatic heterocycles. The lowest BCUT2D eigenvalue weighted by molar-refractivity contribution is 0.0894. The van der Waals surface area contributed by atoms with Crippen LogP contribution in [0.3, 0.4) is 0 Å². The van der Waals surface area contributed by atoms with Crippen molar-refractivity contribution in [1.29, 1.82) is 5.26 Å². The van der Waals surface area contributed by atoms with Gasteiger partial charge in [0.2, 0.25) is 0 Å². The van der Waals surface area contributed by atoms with Gasteiger partial charge in [-0.15, -0.1) is 0 Å². The minimum Gasteiger partial charge on any atom is -0.490 e. The molecule has 168 valence electrons. The zero-order valence-electron chi connectivity index (χ0n) is 18.5. The average molecular weight is 452 g/mol. The Kier molecular flexibility index (Phi) is 7.22. The first-order chi connectivity index (χ1) is 15.5. The maximum atomic E-state index is 12.7. The number of hydrogen-bond acceptors (Lipinski definition) is 4. The first kappa shape index (κ1) is 22.5. The predicted octanol–water partition coefficient (Wildman–Crippen LogP) is 5.57. The van der Waals surface area contributed by atoms with Crippen molar-refractivity contribution in [2.24, 2.45) is 5.92 Å². The highest BCUT2D eigenvalue weighted by molar-refractivity contribution is 6.31. The van der Waals surface area contributed by atoms with Crippen LogP contribution in [0, 0.1) is 17.2 Å². The summed E-state index contributed by atoms with van der Waals surface area (Å²) in [4.78, 5) is 15.1. The molecule has 2 aromatic rings. The van der Waals surface area contributed by atoms with Crippen molar-refractivity contribution in [2.75, 3.05) is 18.0 Å². The molecular formula is C26H30ClN3O2. The van der Waals surface area contributed by atoms with E-state index in [1.807, 2.05) is 12.1 Å². The third-order valence-electron chi connectivity index (χ3n) is 6.65. The van der Waals surface area contributed by atoms with Crippen molar-refractivity contribution in [2.45, 2.75) is 57.6 Å². The Morgan fingerprint density at radius 1 is 1.06 bits per heavy atom. The van der Waals surface area contributed by atoms with E-state index in [0.29, 0.717) is 21.9 Å². The maximum Gasteiger partial charge on any atom is 0.251 e. The molecule has 1 saturated heterocycles.